The van der Waals surface area contributed by atoms with E-state index in [9.17, 15) is 0 Å². The van der Waals surface area contributed by atoms with E-state index in [0.717, 1.165) is 6.54 Å². The zero-order valence-electron chi connectivity index (χ0n) is 10.1. The van der Waals surface area contributed by atoms with Gasteiger partial charge in [-0.1, -0.05) is 26.2 Å². The van der Waals surface area contributed by atoms with Gasteiger partial charge in [0.05, 0.1) is 0 Å². The van der Waals surface area contributed by atoms with Gasteiger partial charge in [0.15, 0.2) is 11.9 Å². The summed E-state index contributed by atoms with van der Waals surface area (Å²) in [6.45, 7) is 3.07. The van der Waals surface area contributed by atoms with E-state index in [1.54, 1.807) is 0 Å². The zero-order chi connectivity index (χ0) is 12.1. The molecule has 8 N–H and O–H groups in total. The predicted octanol–water partition coefficient (Wildman–Crippen LogP) is 0.361. The second-order valence-electron chi connectivity index (χ2n) is 3.00. The monoisotopic (exact) mass is 252 g/mol. The average Bonchev–Trinajstić information content (AvgIpc) is 2.18. The molecule has 6 nitrogen and oxygen atoms in total. The van der Waals surface area contributed by atoms with Gasteiger partial charge in [-0.15, -0.1) is 12.4 Å². The van der Waals surface area contributed by atoms with Crippen molar-refractivity contribution in [2.75, 3.05) is 13.6 Å². The van der Waals surface area contributed by atoms with Crippen molar-refractivity contribution in [2.45, 2.75) is 32.6 Å². The molecule has 0 rings (SSSR count). The number of hydrogen-bond acceptors (Lipinski definition) is 3. The number of hydrogen-bond donors (Lipinski definition) is 5. The summed E-state index contributed by atoms with van der Waals surface area (Å²) in [4.78, 5) is 3.49. The van der Waals surface area contributed by atoms with E-state index in [0.29, 0.717) is 0 Å². The molecular formula is C9H25ClN6. The van der Waals surface area contributed by atoms with Gasteiger partial charge in [-0.3, -0.25) is 15.7 Å². The third-order valence-corrected chi connectivity index (χ3v) is 1.56. The van der Waals surface area contributed by atoms with Crippen LogP contribution in [0.15, 0.2) is 4.99 Å². The van der Waals surface area contributed by atoms with Crippen molar-refractivity contribution >= 4 is 24.3 Å². The van der Waals surface area contributed by atoms with Crippen LogP contribution in [0.5, 0.6) is 0 Å². The Morgan fingerprint density at radius 1 is 1.25 bits per heavy atom. The van der Waals surface area contributed by atoms with Crippen molar-refractivity contribution in [1.29, 1.82) is 5.41 Å². The number of nitrogens with two attached hydrogens (primary N) is 3. The summed E-state index contributed by atoms with van der Waals surface area (Å²) in [7, 11) is 1.51. The fourth-order valence-electron chi connectivity index (χ4n) is 0.765. The largest absolute Gasteiger partial charge is 0.370 e. The van der Waals surface area contributed by atoms with Gasteiger partial charge >= 0.3 is 0 Å². The Labute approximate surface area is 104 Å². The maximum absolute atomic E-state index is 6.63. The third-order valence-electron chi connectivity index (χ3n) is 1.56. The van der Waals surface area contributed by atoms with Crippen LogP contribution >= 0.6 is 12.4 Å². The van der Waals surface area contributed by atoms with Crippen LogP contribution < -0.4 is 22.5 Å². The van der Waals surface area contributed by atoms with Crippen LogP contribution in [0.4, 0.5) is 0 Å². The van der Waals surface area contributed by atoms with Crippen molar-refractivity contribution in [3.63, 3.8) is 0 Å². The van der Waals surface area contributed by atoms with E-state index in [1.807, 2.05) is 0 Å². The molecule has 0 atom stereocenters. The van der Waals surface area contributed by atoms with Crippen molar-refractivity contribution in [2.24, 2.45) is 22.2 Å². The molecule has 0 spiro atoms. The molecule has 0 heterocycles. The second kappa shape index (κ2) is 16.4. The number of unbranched alkanes of at least 4 members (excludes halogenated alkanes) is 3. The molecular weight excluding hydrogens is 228 g/mol. The standard InChI is InChI=1S/C6H15N.C3H9N5.ClH/c1-2-3-4-5-6-7;1-7-3(6)8-2(4)5;/h2-7H2,1H3;1H3,(H6,4,5,6,7,8);1H. The molecule has 0 amide bonds. The van der Waals surface area contributed by atoms with E-state index in [-0.39, 0.29) is 24.3 Å². The number of rotatable bonds is 4. The highest BCUT2D eigenvalue weighted by Gasteiger charge is 1.86. The van der Waals surface area contributed by atoms with Crippen LogP contribution in [0, 0.1) is 5.41 Å². The number of guanidine groups is 2. The van der Waals surface area contributed by atoms with E-state index < -0.39 is 0 Å². The minimum atomic E-state index is -0.201. The Kier molecular flexibility index (Phi) is 20.9. The van der Waals surface area contributed by atoms with Crippen LogP contribution in [0.2, 0.25) is 0 Å². The molecule has 0 aliphatic heterocycles. The van der Waals surface area contributed by atoms with Crippen molar-refractivity contribution in [3.05, 3.63) is 0 Å². The smallest absolute Gasteiger partial charge is 0.195 e. The van der Waals surface area contributed by atoms with Crippen LogP contribution in [0.25, 0.3) is 0 Å². The lowest BCUT2D eigenvalue weighted by Crippen LogP contribution is -2.40. The van der Waals surface area contributed by atoms with E-state index in [4.69, 9.17) is 22.6 Å². The summed E-state index contributed by atoms with van der Waals surface area (Å²) in [6.07, 6.45) is 5.16. The third kappa shape index (κ3) is 23.1. The summed E-state index contributed by atoms with van der Waals surface area (Å²) >= 11 is 0. The highest BCUT2D eigenvalue weighted by Crippen LogP contribution is 1.95. The first-order valence-corrected chi connectivity index (χ1v) is 5.11. The molecule has 0 saturated carbocycles. The van der Waals surface area contributed by atoms with Gasteiger partial charge in [0.25, 0.3) is 0 Å². The normalized spacial score (nSPS) is 9.56. The SMILES string of the molecule is CCCCCCN.CN=C(N)NC(=N)N.Cl. The van der Waals surface area contributed by atoms with Gasteiger partial charge in [0.1, 0.15) is 0 Å². The Hall–Kier alpha value is -1.01. The number of nitrogens with zero attached hydrogens (tertiary/aromatic N) is 1. The summed E-state index contributed by atoms with van der Waals surface area (Å²) in [5, 5.41) is 8.92. The Balaban J connectivity index is -0.000000200. The van der Waals surface area contributed by atoms with Crippen molar-refractivity contribution in [3.8, 4) is 0 Å². The van der Waals surface area contributed by atoms with Gasteiger partial charge < -0.3 is 17.2 Å². The highest BCUT2D eigenvalue weighted by molar-refractivity contribution is 5.95. The molecule has 0 unspecified atom stereocenters. The molecule has 0 fully saturated rings. The Bertz CT molecular complexity index is 179. The lowest BCUT2D eigenvalue weighted by molar-refractivity contribution is 0.674. The topological polar surface area (TPSA) is 126 Å². The molecule has 98 valence electrons. The number of halogens is 1. The van der Waals surface area contributed by atoms with Crippen LogP contribution in [0.1, 0.15) is 32.6 Å². The lowest BCUT2D eigenvalue weighted by Gasteiger charge is -1.97. The van der Waals surface area contributed by atoms with E-state index in [1.165, 1.54) is 32.7 Å². The minimum absolute atomic E-state index is 0. The van der Waals surface area contributed by atoms with E-state index >= 15 is 0 Å². The summed E-state index contributed by atoms with van der Waals surface area (Å²) in [5.41, 5.74) is 15.2. The molecule has 0 radical (unpaired) electrons. The van der Waals surface area contributed by atoms with E-state index in [2.05, 4.69) is 17.2 Å². The molecule has 0 aromatic carbocycles. The molecule has 0 bridgehead atoms. The van der Waals surface area contributed by atoms with Gasteiger partial charge in [-0.05, 0) is 13.0 Å². The summed E-state index contributed by atoms with van der Waals surface area (Å²) in [6, 6.07) is 0. The first kappa shape index (κ1) is 20.4. The van der Waals surface area contributed by atoms with Gasteiger partial charge in [0, 0.05) is 7.05 Å². The zero-order valence-corrected chi connectivity index (χ0v) is 10.9. The first-order chi connectivity index (χ1) is 7.08. The second-order valence-corrected chi connectivity index (χ2v) is 3.00. The Morgan fingerprint density at radius 3 is 2.06 bits per heavy atom. The molecule has 16 heavy (non-hydrogen) atoms. The van der Waals surface area contributed by atoms with Crippen LogP contribution in [0.3, 0.4) is 0 Å². The molecule has 0 saturated heterocycles. The quantitative estimate of drug-likeness (QED) is 0.281. The van der Waals surface area contributed by atoms with Crippen LogP contribution in [-0.4, -0.2) is 25.5 Å². The predicted molar refractivity (Wildman–Crippen MR) is 73.0 cm³/mol. The molecule has 0 aliphatic carbocycles. The fraction of sp³-hybridized carbons (Fsp3) is 0.778. The maximum Gasteiger partial charge on any atom is 0.195 e. The summed E-state index contributed by atoms with van der Waals surface area (Å²) in [5.74, 6) is -0.0504. The minimum Gasteiger partial charge on any atom is -0.370 e. The maximum atomic E-state index is 6.63. The molecule has 0 aromatic heterocycles. The summed E-state index contributed by atoms with van der Waals surface area (Å²) < 4.78 is 0. The van der Waals surface area contributed by atoms with Gasteiger partial charge in [0.2, 0.25) is 0 Å². The first-order valence-electron chi connectivity index (χ1n) is 5.11. The van der Waals surface area contributed by atoms with Crippen molar-refractivity contribution < 1.29 is 0 Å². The molecule has 0 aromatic rings. The average molecular weight is 253 g/mol. The molecule has 7 heteroatoms. The molecule has 0 aliphatic rings. The van der Waals surface area contributed by atoms with Crippen molar-refractivity contribution in [1.82, 2.24) is 5.32 Å². The fourth-order valence-corrected chi connectivity index (χ4v) is 0.765. The number of aliphatic imine (C=N–C) groups is 1. The van der Waals surface area contributed by atoms with Gasteiger partial charge in [-0.25, -0.2) is 0 Å². The number of nitrogens with one attached hydrogen (secondary N) is 2. The Morgan fingerprint density at radius 2 is 1.81 bits per heavy atom. The van der Waals surface area contributed by atoms with Gasteiger partial charge in [-0.2, -0.15) is 0 Å². The highest BCUT2D eigenvalue weighted by atomic mass is 35.5. The van der Waals surface area contributed by atoms with Crippen LogP contribution in [-0.2, 0) is 0 Å². The lowest BCUT2D eigenvalue weighted by atomic mass is 10.2.